The molecular formula is C16H26N2O3S. The van der Waals surface area contributed by atoms with Crippen molar-refractivity contribution in [2.75, 3.05) is 34.3 Å². The van der Waals surface area contributed by atoms with E-state index in [1.165, 1.54) is 15.4 Å². The molecule has 0 N–H and O–H groups in total. The standard InChI is InChI=1S/C16H26N2O3S/c1-13-6-5-7-14(10-13)11-15-12-18(9-8-16(15)21-4)22(19,20)17(2)3/h5-7,10,15-16H,8-9,11-12H2,1-4H3/t15-,16-/m1/s1. The maximum Gasteiger partial charge on any atom is 0.281 e. The second-order valence-corrected chi connectivity index (χ2v) is 8.31. The minimum atomic E-state index is -3.35. The number of piperidine rings is 1. The lowest BCUT2D eigenvalue weighted by atomic mass is 9.89. The van der Waals surface area contributed by atoms with Gasteiger partial charge >= 0.3 is 0 Å². The van der Waals surface area contributed by atoms with Gasteiger partial charge in [-0.05, 0) is 25.3 Å². The molecule has 1 aliphatic rings. The molecule has 5 nitrogen and oxygen atoms in total. The van der Waals surface area contributed by atoms with Crippen molar-refractivity contribution in [3.63, 3.8) is 0 Å². The zero-order valence-electron chi connectivity index (χ0n) is 13.8. The van der Waals surface area contributed by atoms with Crippen molar-refractivity contribution in [3.05, 3.63) is 35.4 Å². The van der Waals surface area contributed by atoms with E-state index < -0.39 is 10.2 Å². The first kappa shape index (κ1) is 17.4. The second-order valence-electron chi connectivity index (χ2n) is 6.16. The highest BCUT2D eigenvalue weighted by Gasteiger charge is 2.35. The van der Waals surface area contributed by atoms with Crippen LogP contribution >= 0.6 is 0 Å². The molecule has 0 bridgehead atoms. The first-order valence-corrected chi connectivity index (χ1v) is 9.00. The molecule has 1 heterocycles. The van der Waals surface area contributed by atoms with Crippen LogP contribution in [0.5, 0.6) is 0 Å². The SMILES string of the molecule is CO[C@@H]1CCN(S(=O)(=O)N(C)C)C[C@H]1Cc1cccc(C)c1. The molecule has 1 fully saturated rings. The van der Waals surface area contributed by atoms with Gasteiger partial charge < -0.3 is 4.74 Å². The fraction of sp³-hybridized carbons (Fsp3) is 0.625. The molecule has 0 aromatic heterocycles. The summed E-state index contributed by atoms with van der Waals surface area (Å²) in [5.41, 5.74) is 2.45. The Bertz CT molecular complexity index is 601. The number of ether oxygens (including phenoxy) is 1. The molecule has 0 radical (unpaired) electrons. The smallest absolute Gasteiger partial charge is 0.281 e. The number of nitrogens with zero attached hydrogens (tertiary/aromatic N) is 2. The van der Waals surface area contributed by atoms with E-state index in [4.69, 9.17) is 4.74 Å². The molecule has 1 saturated heterocycles. The van der Waals surface area contributed by atoms with Crippen LogP contribution in [0.25, 0.3) is 0 Å². The van der Waals surface area contributed by atoms with Crippen molar-refractivity contribution in [2.24, 2.45) is 5.92 Å². The molecule has 6 heteroatoms. The average molecular weight is 326 g/mol. The van der Waals surface area contributed by atoms with Gasteiger partial charge in [0.05, 0.1) is 6.10 Å². The molecular weight excluding hydrogens is 300 g/mol. The van der Waals surface area contributed by atoms with E-state index in [0.717, 1.165) is 12.8 Å². The van der Waals surface area contributed by atoms with E-state index in [0.29, 0.717) is 13.1 Å². The summed E-state index contributed by atoms with van der Waals surface area (Å²) in [6.07, 6.45) is 1.67. The first-order chi connectivity index (χ1) is 10.3. The molecule has 2 atom stereocenters. The van der Waals surface area contributed by atoms with Crippen LogP contribution in [0.1, 0.15) is 17.5 Å². The number of hydrogen-bond acceptors (Lipinski definition) is 3. The fourth-order valence-corrected chi connectivity index (χ4v) is 4.24. The molecule has 0 amide bonds. The number of hydrogen-bond donors (Lipinski definition) is 0. The van der Waals surface area contributed by atoms with Crippen molar-refractivity contribution in [3.8, 4) is 0 Å². The van der Waals surface area contributed by atoms with Crippen LogP contribution in [-0.2, 0) is 21.4 Å². The highest BCUT2D eigenvalue weighted by atomic mass is 32.2. The Morgan fingerprint density at radius 3 is 2.68 bits per heavy atom. The molecule has 0 aliphatic carbocycles. The summed E-state index contributed by atoms with van der Waals surface area (Å²) < 4.78 is 33.1. The largest absolute Gasteiger partial charge is 0.381 e. The van der Waals surface area contributed by atoms with E-state index >= 15 is 0 Å². The maximum atomic E-state index is 12.3. The van der Waals surface area contributed by atoms with E-state index in [1.807, 2.05) is 6.07 Å². The van der Waals surface area contributed by atoms with Gasteiger partial charge in [0.15, 0.2) is 0 Å². The zero-order valence-corrected chi connectivity index (χ0v) is 14.6. The monoisotopic (exact) mass is 326 g/mol. The summed E-state index contributed by atoms with van der Waals surface area (Å²) in [5.74, 6) is 0.176. The minimum absolute atomic E-state index is 0.106. The van der Waals surface area contributed by atoms with E-state index in [-0.39, 0.29) is 12.0 Å². The summed E-state index contributed by atoms with van der Waals surface area (Å²) in [6, 6.07) is 8.37. The Labute approximate surface area is 134 Å². The van der Waals surface area contributed by atoms with Crippen LogP contribution in [0.3, 0.4) is 0 Å². The van der Waals surface area contributed by atoms with Gasteiger partial charge in [-0.3, -0.25) is 0 Å². The predicted molar refractivity (Wildman–Crippen MR) is 88.0 cm³/mol. The topological polar surface area (TPSA) is 49.9 Å². The number of aryl methyl sites for hydroxylation is 1. The number of benzene rings is 1. The predicted octanol–water partition coefficient (Wildman–Crippen LogP) is 1.68. The lowest BCUT2D eigenvalue weighted by Crippen LogP contribution is -2.50. The third-order valence-corrected chi connectivity index (χ3v) is 6.20. The van der Waals surface area contributed by atoms with E-state index in [2.05, 4.69) is 25.1 Å². The fourth-order valence-electron chi connectivity index (χ4n) is 3.07. The Kier molecular flexibility index (Phi) is 5.60. The minimum Gasteiger partial charge on any atom is -0.381 e. The van der Waals surface area contributed by atoms with Gasteiger partial charge in [-0.15, -0.1) is 0 Å². The summed E-state index contributed by atoms with van der Waals surface area (Å²) in [4.78, 5) is 0. The van der Waals surface area contributed by atoms with E-state index in [9.17, 15) is 8.42 Å². The molecule has 124 valence electrons. The summed E-state index contributed by atoms with van der Waals surface area (Å²) in [6.45, 7) is 3.09. The number of rotatable bonds is 5. The normalized spacial score (nSPS) is 23.9. The lowest BCUT2D eigenvalue weighted by molar-refractivity contribution is 0.0122. The van der Waals surface area contributed by atoms with Crippen LogP contribution in [0, 0.1) is 12.8 Å². The third kappa shape index (κ3) is 3.87. The summed E-state index contributed by atoms with van der Waals surface area (Å²) in [5, 5.41) is 0. The van der Waals surface area contributed by atoms with Crippen molar-refractivity contribution in [1.29, 1.82) is 0 Å². The lowest BCUT2D eigenvalue weighted by Gasteiger charge is -2.38. The Morgan fingerprint density at radius 2 is 2.09 bits per heavy atom. The van der Waals surface area contributed by atoms with Crippen molar-refractivity contribution in [1.82, 2.24) is 8.61 Å². The molecule has 1 aromatic carbocycles. The highest BCUT2D eigenvalue weighted by Crippen LogP contribution is 2.26. The van der Waals surface area contributed by atoms with Crippen LogP contribution < -0.4 is 0 Å². The van der Waals surface area contributed by atoms with Gasteiger partial charge in [-0.25, -0.2) is 0 Å². The highest BCUT2D eigenvalue weighted by molar-refractivity contribution is 7.86. The van der Waals surface area contributed by atoms with Crippen molar-refractivity contribution < 1.29 is 13.2 Å². The van der Waals surface area contributed by atoms with Crippen molar-refractivity contribution >= 4 is 10.2 Å². The van der Waals surface area contributed by atoms with Gasteiger partial charge in [0, 0.05) is 40.2 Å². The average Bonchev–Trinajstić information content (AvgIpc) is 2.47. The van der Waals surface area contributed by atoms with Crippen LogP contribution in [0.4, 0.5) is 0 Å². The first-order valence-electron chi connectivity index (χ1n) is 7.60. The number of methoxy groups -OCH3 is 1. The Morgan fingerprint density at radius 1 is 1.36 bits per heavy atom. The molecule has 1 aliphatic heterocycles. The molecule has 0 spiro atoms. The zero-order chi connectivity index (χ0) is 16.3. The molecule has 1 aromatic rings. The Balaban J connectivity index is 2.16. The van der Waals surface area contributed by atoms with Crippen LogP contribution in [0.2, 0.25) is 0 Å². The molecule has 0 unspecified atom stereocenters. The van der Waals surface area contributed by atoms with Gasteiger partial charge in [-0.2, -0.15) is 17.0 Å². The quantitative estimate of drug-likeness (QED) is 0.827. The van der Waals surface area contributed by atoms with Crippen LogP contribution in [0.15, 0.2) is 24.3 Å². The van der Waals surface area contributed by atoms with Gasteiger partial charge in [0.25, 0.3) is 10.2 Å². The van der Waals surface area contributed by atoms with Crippen LogP contribution in [-0.4, -0.2) is 57.4 Å². The van der Waals surface area contributed by atoms with Gasteiger partial charge in [0.1, 0.15) is 0 Å². The maximum absolute atomic E-state index is 12.3. The Hall–Kier alpha value is -0.950. The van der Waals surface area contributed by atoms with Gasteiger partial charge in [0.2, 0.25) is 0 Å². The summed E-state index contributed by atoms with van der Waals surface area (Å²) >= 11 is 0. The van der Waals surface area contributed by atoms with E-state index in [1.54, 1.807) is 25.5 Å². The van der Waals surface area contributed by atoms with Gasteiger partial charge in [-0.1, -0.05) is 29.8 Å². The molecule has 0 saturated carbocycles. The third-order valence-electron chi connectivity index (χ3n) is 4.30. The summed E-state index contributed by atoms with van der Waals surface area (Å²) in [7, 11) is 1.51. The second kappa shape index (κ2) is 7.08. The molecule has 22 heavy (non-hydrogen) atoms. The van der Waals surface area contributed by atoms with Crippen molar-refractivity contribution in [2.45, 2.75) is 25.9 Å². The molecule has 2 rings (SSSR count).